The van der Waals surface area contributed by atoms with Gasteiger partial charge in [0.15, 0.2) is 0 Å². The van der Waals surface area contributed by atoms with Crippen LogP contribution in [0.15, 0.2) is 48.5 Å². The zero-order valence-electron chi connectivity index (χ0n) is 18.5. The Morgan fingerprint density at radius 2 is 1.68 bits per heavy atom. The first-order valence-corrected chi connectivity index (χ1v) is 11.3. The minimum Gasteiger partial charge on any atom is -0.481 e. The van der Waals surface area contributed by atoms with Gasteiger partial charge in [0.1, 0.15) is 6.61 Å². The fourth-order valence-electron chi connectivity index (χ4n) is 4.81. The number of alkyl halides is 2. The number of fused-ring (bicyclic) bond motifs is 3. The number of alkyl carbamates (subject to hydrolysis) is 1. The Bertz CT molecular complexity index is 1040. The Morgan fingerprint density at radius 3 is 2.29 bits per heavy atom. The number of rotatable bonds is 8. The molecule has 4 rings (SSSR count). The highest BCUT2D eigenvalue weighted by Crippen LogP contribution is 2.44. The second-order valence-corrected chi connectivity index (χ2v) is 8.61. The molecule has 9 heteroatoms. The molecule has 2 N–H and O–H groups in total. The summed E-state index contributed by atoms with van der Waals surface area (Å²) in [7, 11) is 0. The van der Waals surface area contributed by atoms with Gasteiger partial charge in [-0.2, -0.15) is 8.78 Å². The molecule has 1 atom stereocenters. The lowest BCUT2D eigenvalue weighted by molar-refractivity contribution is -0.158. The molecule has 1 unspecified atom stereocenters. The van der Waals surface area contributed by atoms with Crippen LogP contribution in [0.1, 0.15) is 42.7 Å². The number of amides is 2. The van der Waals surface area contributed by atoms with Gasteiger partial charge in [-0.1, -0.05) is 48.5 Å². The zero-order chi connectivity index (χ0) is 24.3. The molecule has 1 fully saturated rings. The van der Waals surface area contributed by atoms with E-state index in [-0.39, 0.29) is 31.9 Å². The lowest BCUT2D eigenvalue weighted by Crippen LogP contribution is -2.51. The summed E-state index contributed by atoms with van der Waals surface area (Å²) < 4.78 is 34.4. The van der Waals surface area contributed by atoms with E-state index in [1.54, 1.807) is 0 Å². The third-order valence-electron chi connectivity index (χ3n) is 6.44. The predicted octanol–water partition coefficient (Wildman–Crippen LogP) is 4.02. The van der Waals surface area contributed by atoms with Gasteiger partial charge in [0.25, 0.3) is 5.91 Å². The lowest BCUT2D eigenvalue weighted by atomic mass is 9.98. The fourth-order valence-corrected chi connectivity index (χ4v) is 4.81. The van der Waals surface area contributed by atoms with Crippen molar-refractivity contribution in [1.82, 2.24) is 10.2 Å². The number of hydrogen-bond donors (Lipinski definition) is 2. The molecule has 2 amide bonds. The van der Waals surface area contributed by atoms with Crippen LogP contribution in [0.5, 0.6) is 0 Å². The molecule has 0 bridgehead atoms. The topological polar surface area (TPSA) is 95.9 Å². The fraction of sp³-hybridized carbons (Fsp3) is 0.400. The van der Waals surface area contributed by atoms with Crippen molar-refractivity contribution in [1.29, 1.82) is 0 Å². The van der Waals surface area contributed by atoms with Gasteiger partial charge in [-0.05, 0) is 41.5 Å². The SMILES string of the molecule is O=C(O)CCC1CCCN1C(=O)C(F)(F)CNC(=O)OCC1c2ccccc2-c2ccccc21. The number of likely N-dealkylation sites (tertiary alicyclic amines) is 1. The van der Waals surface area contributed by atoms with E-state index >= 15 is 0 Å². The van der Waals surface area contributed by atoms with Crippen LogP contribution in [0.3, 0.4) is 0 Å². The van der Waals surface area contributed by atoms with Crippen LogP contribution in [0.4, 0.5) is 13.6 Å². The highest BCUT2D eigenvalue weighted by Gasteiger charge is 2.45. The van der Waals surface area contributed by atoms with Crippen molar-refractivity contribution in [3.8, 4) is 11.1 Å². The average Bonchev–Trinajstić information content (AvgIpc) is 3.42. The summed E-state index contributed by atoms with van der Waals surface area (Å²) in [5.41, 5.74) is 4.09. The van der Waals surface area contributed by atoms with Crippen LogP contribution in [-0.2, 0) is 14.3 Å². The van der Waals surface area contributed by atoms with E-state index < -0.39 is 36.5 Å². The summed E-state index contributed by atoms with van der Waals surface area (Å²) in [6, 6.07) is 15.0. The van der Waals surface area contributed by atoms with Gasteiger partial charge in [-0.25, -0.2) is 4.79 Å². The van der Waals surface area contributed by atoms with E-state index in [1.807, 2.05) is 53.8 Å². The van der Waals surface area contributed by atoms with Crippen molar-refractivity contribution in [2.45, 2.75) is 43.6 Å². The van der Waals surface area contributed by atoms with E-state index in [1.165, 1.54) is 0 Å². The molecule has 0 radical (unpaired) electrons. The molecule has 7 nitrogen and oxygen atoms in total. The van der Waals surface area contributed by atoms with Gasteiger partial charge in [0.2, 0.25) is 0 Å². The molecule has 180 valence electrons. The number of ether oxygens (including phenoxy) is 1. The molecule has 2 aromatic rings. The summed E-state index contributed by atoms with van der Waals surface area (Å²) >= 11 is 0. The summed E-state index contributed by atoms with van der Waals surface area (Å²) in [5, 5.41) is 10.8. The van der Waals surface area contributed by atoms with Gasteiger partial charge in [0.05, 0.1) is 6.54 Å². The first-order valence-electron chi connectivity index (χ1n) is 11.3. The van der Waals surface area contributed by atoms with Crippen LogP contribution >= 0.6 is 0 Å². The molecule has 34 heavy (non-hydrogen) atoms. The third kappa shape index (κ3) is 4.88. The zero-order valence-corrected chi connectivity index (χ0v) is 18.5. The Kier molecular flexibility index (Phi) is 6.81. The number of nitrogens with one attached hydrogen (secondary N) is 1. The van der Waals surface area contributed by atoms with Crippen molar-refractivity contribution < 1.29 is 33.0 Å². The number of carbonyl (C=O) groups excluding carboxylic acids is 2. The number of halogens is 2. The van der Waals surface area contributed by atoms with E-state index in [9.17, 15) is 23.2 Å². The van der Waals surface area contributed by atoms with Crippen molar-refractivity contribution in [3.63, 3.8) is 0 Å². The van der Waals surface area contributed by atoms with Gasteiger partial charge in [-0.15, -0.1) is 0 Å². The smallest absolute Gasteiger partial charge is 0.407 e. The molecule has 1 heterocycles. The average molecular weight is 472 g/mol. The van der Waals surface area contributed by atoms with Crippen LogP contribution in [0.25, 0.3) is 11.1 Å². The summed E-state index contributed by atoms with van der Waals surface area (Å²) in [6.07, 6.45) is -0.0892. The standard InChI is InChI=1S/C25H26F2N2O5/c26-25(27,23(32)29-13-5-6-16(29)11-12-22(30)31)15-28-24(33)34-14-21-19-9-3-1-7-17(19)18-8-2-4-10-20(18)21/h1-4,7-10,16,21H,5-6,11-15H2,(H,28,33)(H,30,31). The van der Waals surface area contributed by atoms with E-state index in [4.69, 9.17) is 9.84 Å². The third-order valence-corrected chi connectivity index (χ3v) is 6.44. The second-order valence-electron chi connectivity index (χ2n) is 8.61. The Morgan fingerprint density at radius 1 is 1.06 bits per heavy atom. The highest BCUT2D eigenvalue weighted by atomic mass is 19.3. The molecule has 1 saturated heterocycles. The number of carbonyl (C=O) groups is 3. The maximum Gasteiger partial charge on any atom is 0.407 e. The predicted molar refractivity (Wildman–Crippen MR) is 120 cm³/mol. The monoisotopic (exact) mass is 472 g/mol. The van der Waals surface area contributed by atoms with Gasteiger partial charge >= 0.3 is 18.0 Å². The molecular weight excluding hydrogens is 446 g/mol. The van der Waals surface area contributed by atoms with Crippen LogP contribution in [0.2, 0.25) is 0 Å². The maximum absolute atomic E-state index is 14.6. The summed E-state index contributed by atoms with van der Waals surface area (Å²) in [6.45, 7) is -1.07. The maximum atomic E-state index is 14.6. The van der Waals surface area contributed by atoms with Crippen molar-refractivity contribution in [2.75, 3.05) is 19.7 Å². The van der Waals surface area contributed by atoms with Crippen molar-refractivity contribution in [3.05, 3.63) is 59.7 Å². The minimum absolute atomic E-state index is 0.0250. The van der Waals surface area contributed by atoms with Gasteiger partial charge in [-0.3, -0.25) is 9.59 Å². The molecule has 0 saturated carbocycles. The molecule has 1 aliphatic carbocycles. The highest BCUT2D eigenvalue weighted by molar-refractivity contribution is 5.85. The summed E-state index contributed by atoms with van der Waals surface area (Å²) in [4.78, 5) is 36.4. The number of benzene rings is 2. The quantitative estimate of drug-likeness (QED) is 0.605. The molecule has 0 aromatic heterocycles. The number of aliphatic carboxylic acids is 1. The Labute approximate surface area is 195 Å². The van der Waals surface area contributed by atoms with Gasteiger partial charge < -0.3 is 20.1 Å². The van der Waals surface area contributed by atoms with E-state index in [2.05, 4.69) is 0 Å². The molecule has 2 aliphatic rings. The number of nitrogens with zero attached hydrogens (tertiary/aromatic N) is 1. The van der Waals surface area contributed by atoms with Crippen LogP contribution in [-0.4, -0.2) is 59.6 Å². The molecular formula is C25H26F2N2O5. The Balaban J connectivity index is 1.32. The van der Waals surface area contributed by atoms with Gasteiger partial charge in [0, 0.05) is 24.9 Å². The molecule has 2 aromatic carbocycles. The second kappa shape index (κ2) is 9.79. The molecule has 0 spiro atoms. The minimum atomic E-state index is -3.82. The van der Waals surface area contributed by atoms with Crippen molar-refractivity contribution in [2.24, 2.45) is 0 Å². The number of carboxylic acids is 1. The van der Waals surface area contributed by atoms with Crippen LogP contribution in [0, 0.1) is 0 Å². The van der Waals surface area contributed by atoms with Crippen LogP contribution < -0.4 is 5.32 Å². The first kappa shape index (κ1) is 23.7. The largest absolute Gasteiger partial charge is 0.481 e. The van der Waals surface area contributed by atoms with Crippen molar-refractivity contribution >= 4 is 18.0 Å². The van der Waals surface area contributed by atoms with E-state index in [0.717, 1.165) is 27.2 Å². The molecule has 1 aliphatic heterocycles. The number of carboxylic acid groups (broad SMARTS) is 1. The van der Waals surface area contributed by atoms with E-state index in [0.29, 0.717) is 12.8 Å². The normalized spacial score (nSPS) is 17.2. The Hall–Kier alpha value is -3.49. The first-order chi connectivity index (χ1) is 16.3. The number of hydrogen-bond acceptors (Lipinski definition) is 4. The summed E-state index contributed by atoms with van der Waals surface area (Å²) in [5.74, 6) is -6.47. The lowest BCUT2D eigenvalue weighted by Gasteiger charge is -2.28.